The number of nitrogens with one attached hydrogen (secondary N) is 1. The third-order valence-corrected chi connectivity index (χ3v) is 3.29. The molecule has 4 heteroatoms. The first-order valence-electron chi connectivity index (χ1n) is 4.94. The summed E-state index contributed by atoms with van der Waals surface area (Å²) in [5.74, 6) is 0. The molecule has 0 aromatic carbocycles. The highest BCUT2D eigenvalue weighted by atomic mass is 32.1. The van der Waals surface area contributed by atoms with Gasteiger partial charge in [-0.05, 0) is 27.2 Å². The Morgan fingerprint density at radius 1 is 1.64 bits per heavy atom. The van der Waals surface area contributed by atoms with Crippen LogP contribution in [-0.4, -0.2) is 16.6 Å². The highest BCUT2D eigenvalue weighted by Gasteiger charge is 2.23. The third kappa shape index (κ3) is 2.69. The van der Waals surface area contributed by atoms with Crippen molar-refractivity contribution in [2.45, 2.75) is 45.7 Å². The first kappa shape index (κ1) is 11.5. The van der Waals surface area contributed by atoms with Crippen LogP contribution in [0.3, 0.4) is 0 Å². The molecule has 0 aliphatic carbocycles. The first-order chi connectivity index (χ1) is 6.45. The largest absolute Gasteiger partial charge is 0.355 e. The number of aromatic nitrogens is 1. The SMILES string of the molecule is CCc1csc(NC(C)(C)C(C)N)n1. The average Bonchev–Trinajstić information content (AvgIpc) is 2.51. The third-order valence-electron chi connectivity index (χ3n) is 2.48. The smallest absolute Gasteiger partial charge is 0.183 e. The summed E-state index contributed by atoms with van der Waals surface area (Å²) in [7, 11) is 0. The van der Waals surface area contributed by atoms with Crippen molar-refractivity contribution in [3.05, 3.63) is 11.1 Å². The molecule has 0 amide bonds. The minimum Gasteiger partial charge on any atom is -0.355 e. The Bertz CT molecular complexity index is 291. The highest BCUT2D eigenvalue weighted by Crippen LogP contribution is 2.21. The summed E-state index contributed by atoms with van der Waals surface area (Å²) in [5, 5.41) is 6.40. The molecule has 1 aromatic rings. The van der Waals surface area contributed by atoms with Crippen molar-refractivity contribution >= 4 is 16.5 Å². The second-order valence-electron chi connectivity index (χ2n) is 4.13. The quantitative estimate of drug-likeness (QED) is 0.806. The fourth-order valence-electron chi connectivity index (χ4n) is 0.916. The molecule has 1 rings (SSSR count). The van der Waals surface area contributed by atoms with Crippen molar-refractivity contribution in [2.75, 3.05) is 5.32 Å². The number of hydrogen-bond donors (Lipinski definition) is 2. The van der Waals surface area contributed by atoms with Gasteiger partial charge in [-0.3, -0.25) is 0 Å². The molecule has 3 nitrogen and oxygen atoms in total. The Morgan fingerprint density at radius 2 is 2.29 bits per heavy atom. The molecule has 3 N–H and O–H groups in total. The van der Waals surface area contributed by atoms with E-state index in [0.717, 1.165) is 17.2 Å². The molecular weight excluding hydrogens is 194 g/mol. The van der Waals surface area contributed by atoms with Crippen molar-refractivity contribution in [3.63, 3.8) is 0 Å². The lowest BCUT2D eigenvalue weighted by atomic mass is 9.97. The van der Waals surface area contributed by atoms with Gasteiger partial charge in [-0.1, -0.05) is 6.92 Å². The Labute approximate surface area is 89.7 Å². The van der Waals surface area contributed by atoms with Gasteiger partial charge in [-0.2, -0.15) is 0 Å². The van der Waals surface area contributed by atoms with Crippen molar-refractivity contribution in [1.82, 2.24) is 4.98 Å². The number of hydrogen-bond acceptors (Lipinski definition) is 4. The molecule has 0 bridgehead atoms. The second kappa shape index (κ2) is 4.28. The summed E-state index contributed by atoms with van der Waals surface area (Å²) in [6, 6.07) is 0.0940. The molecule has 1 atom stereocenters. The van der Waals surface area contributed by atoms with Crippen LogP contribution in [0.1, 0.15) is 33.4 Å². The zero-order chi connectivity index (χ0) is 10.8. The van der Waals surface area contributed by atoms with Gasteiger partial charge in [0.1, 0.15) is 0 Å². The standard InChI is InChI=1S/C10H19N3S/c1-5-8-6-14-9(12-8)13-10(3,4)7(2)11/h6-7H,5,11H2,1-4H3,(H,12,13). The highest BCUT2D eigenvalue weighted by molar-refractivity contribution is 7.13. The molecule has 0 aliphatic heterocycles. The van der Waals surface area contributed by atoms with E-state index in [1.165, 1.54) is 0 Å². The maximum absolute atomic E-state index is 5.87. The van der Waals surface area contributed by atoms with Crippen molar-refractivity contribution in [1.29, 1.82) is 0 Å². The lowest BCUT2D eigenvalue weighted by Crippen LogP contribution is -2.47. The van der Waals surface area contributed by atoms with Gasteiger partial charge in [0, 0.05) is 17.0 Å². The predicted octanol–water partition coefficient (Wildman–Crippen LogP) is 2.24. The number of rotatable bonds is 4. The zero-order valence-corrected chi connectivity index (χ0v) is 10.1. The van der Waals surface area contributed by atoms with Crippen LogP contribution in [0, 0.1) is 0 Å². The van der Waals surface area contributed by atoms with E-state index in [1.54, 1.807) is 11.3 Å². The van der Waals surface area contributed by atoms with E-state index in [1.807, 2.05) is 6.92 Å². The van der Waals surface area contributed by atoms with Gasteiger partial charge in [0.05, 0.1) is 5.69 Å². The van der Waals surface area contributed by atoms with Crippen LogP contribution < -0.4 is 11.1 Å². The van der Waals surface area contributed by atoms with Gasteiger partial charge < -0.3 is 11.1 Å². The van der Waals surface area contributed by atoms with Gasteiger partial charge in [0.2, 0.25) is 0 Å². The molecule has 0 fully saturated rings. The van der Waals surface area contributed by atoms with Crippen molar-refractivity contribution in [3.8, 4) is 0 Å². The molecule has 1 unspecified atom stereocenters. The molecule has 14 heavy (non-hydrogen) atoms. The maximum atomic E-state index is 5.87. The average molecular weight is 213 g/mol. The summed E-state index contributed by atoms with van der Waals surface area (Å²) < 4.78 is 0. The van der Waals surface area contributed by atoms with E-state index in [0.29, 0.717) is 0 Å². The van der Waals surface area contributed by atoms with E-state index < -0.39 is 0 Å². The normalized spacial score (nSPS) is 14.1. The predicted molar refractivity (Wildman–Crippen MR) is 62.8 cm³/mol. The molecule has 80 valence electrons. The van der Waals surface area contributed by atoms with Gasteiger partial charge in [0.15, 0.2) is 5.13 Å². The lowest BCUT2D eigenvalue weighted by molar-refractivity contribution is 0.470. The van der Waals surface area contributed by atoms with Gasteiger partial charge in [-0.25, -0.2) is 4.98 Å². The van der Waals surface area contributed by atoms with Crippen LogP contribution in [-0.2, 0) is 6.42 Å². The molecule has 0 radical (unpaired) electrons. The van der Waals surface area contributed by atoms with Crippen molar-refractivity contribution < 1.29 is 0 Å². The maximum Gasteiger partial charge on any atom is 0.183 e. The van der Waals surface area contributed by atoms with Crippen LogP contribution >= 0.6 is 11.3 Å². The van der Waals surface area contributed by atoms with Crippen LogP contribution in [0.2, 0.25) is 0 Å². The number of anilines is 1. The number of nitrogens with two attached hydrogens (primary N) is 1. The van der Waals surface area contributed by atoms with E-state index in [2.05, 4.69) is 36.5 Å². The monoisotopic (exact) mass is 213 g/mol. The van der Waals surface area contributed by atoms with Crippen LogP contribution in [0.15, 0.2) is 5.38 Å². The molecule has 0 spiro atoms. The fourth-order valence-corrected chi connectivity index (χ4v) is 1.88. The van der Waals surface area contributed by atoms with Gasteiger partial charge in [0.25, 0.3) is 0 Å². The Balaban J connectivity index is 2.68. The molecular formula is C10H19N3S. The lowest BCUT2D eigenvalue weighted by Gasteiger charge is -2.29. The molecule has 1 aromatic heterocycles. The Hall–Kier alpha value is -0.610. The van der Waals surface area contributed by atoms with Crippen LogP contribution in [0.25, 0.3) is 0 Å². The van der Waals surface area contributed by atoms with Crippen LogP contribution in [0.4, 0.5) is 5.13 Å². The second-order valence-corrected chi connectivity index (χ2v) is 4.99. The van der Waals surface area contributed by atoms with Crippen LogP contribution in [0.5, 0.6) is 0 Å². The Morgan fingerprint density at radius 3 is 2.71 bits per heavy atom. The Kier molecular flexibility index (Phi) is 3.50. The van der Waals surface area contributed by atoms with Gasteiger partial charge in [-0.15, -0.1) is 11.3 Å². The van der Waals surface area contributed by atoms with Crippen molar-refractivity contribution in [2.24, 2.45) is 5.73 Å². The van der Waals surface area contributed by atoms with E-state index in [-0.39, 0.29) is 11.6 Å². The molecule has 0 saturated carbocycles. The summed E-state index contributed by atoms with van der Waals surface area (Å²) in [4.78, 5) is 4.45. The van der Waals surface area contributed by atoms with E-state index in [9.17, 15) is 0 Å². The first-order valence-corrected chi connectivity index (χ1v) is 5.82. The van der Waals surface area contributed by atoms with E-state index in [4.69, 9.17) is 5.73 Å². The summed E-state index contributed by atoms with van der Waals surface area (Å²) in [6.07, 6.45) is 0.983. The minimum atomic E-state index is -0.108. The number of nitrogens with zero attached hydrogens (tertiary/aromatic N) is 1. The zero-order valence-electron chi connectivity index (χ0n) is 9.29. The summed E-state index contributed by atoms with van der Waals surface area (Å²) in [5.41, 5.74) is 6.90. The number of thiazole rings is 1. The number of aryl methyl sites for hydroxylation is 1. The molecule has 1 heterocycles. The molecule has 0 saturated heterocycles. The minimum absolute atomic E-state index is 0.0940. The van der Waals surface area contributed by atoms with Gasteiger partial charge >= 0.3 is 0 Å². The fraction of sp³-hybridized carbons (Fsp3) is 0.700. The summed E-state index contributed by atoms with van der Waals surface area (Å²) in [6.45, 7) is 8.28. The topological polar surface area (TPSA) is 50.9 Å². The molecule has 0 aliphatic rings. The summed E-state index contributed by atoms with van der Waals surface area (Å²) >= 11 is 1.64. The van der Waals surface area contributed by atoms with E-state index >= 15 is 0 Å².